The molecule has 0 radical (unpaired) electrons. The van der Waals surface area contributed by atoms with E-state index >= 15 is 0 Å². The quantitative estimate of drug-likeness (QED) is 0.307. The van der Waals surface area contributed by atoms with Gasteiger partial charge in [-0.3, -0.25) is 0 Å². The Labute approximate surface area is 261 Å². The van der Waals surface area contributed by atoms with Gasteiger partial charge in [0.05, 0.1) is 10.8 Å². The molecule has 9 rings (SSSR count). The van der Waals surface area contributed by atoms with Crippen molar-refractivity contribution < 1.29 is 29.0 Å². The zero-order valence-corrected chi connectivity index (χ0v) is 23.5. The van der Waals surface area contributed by atoms with Crippen molar-refractivity contribution in [2.24, 2.45) is 0 Å². The molecular formula is C38H23LiN3O+. The molecule has 0 fully saturated rings. The molecule has 0 saturated carbocycles. The molecule has 1 spiro atoms. The third-order valence-electron chi connectivity index (χ3n) is 9.09. The van der Waals surface area contributed by atoms with Gasteiger partial charge in [-0.15, -0.1) is 0 Å². The Kier molecular flexibility index (Phi) is 5.68. The number of fused-ring (bicyclic) bond motifs is 11. The zero-order valence-electron chi connectivity index (χ0n) is 23.5. The summed E-state index contributed by atoms with van der Waals surface area (Å²) >= 11 is 0. The van der Waals surface area contributed by atoms with Crippen molar-refractivity contribution in [1.82, 2.24) is 9.97 Å². The smallest absolute Gasteiger partial charge is 0.868 e. The van der Waals surface area contributed by atoms with Crippen LogP contribution in [0, 0.1) is 0 Å². The van der Waals surface area contributed by atoms with Crippen molar-refractivity contribution in [1.29, 1.82) is 0 Å². The largest absolute Gasteiger partial charge is 1.00 e. The van der Waals surface area contributed by atoms with Crippen LogP contribution in [-0.2, 0) is 5.41 Å². The van der Waals surface area contributed by atoms with E-state index in [1.165, 1.54) is 44.5 Å². The first-order valence-electron chi connectivity index (χ1n) is 14.1. The molecule has 1 unspecified atom stereocenters. The van der Waals surface area contributed by atoms with Crippen LogP contribution in [0.1, 0.15) is 22.3 Å². The molecule has 2 heterocycles. The molecule has 1 atom stereocenters. The van der Waals surface area contributed by atoms with E-state index in [-0.39, 0.29) is 24.6 Å². The number of hydrogen-bond donors (Lipinski definition) is 0. The average Bonchev–Trinajstić information content (AvgIpc) is 3.52. The monoisotopic (exact) mass is 544 g/mol. The van der Waals surface area contributed by atoms with Gasteiger partial charge in [0.1, 0.15) is 6.33 Å². The molecular weight excluding hydrogens is 521 g/mol. The molecule has 5 heteroatoms. The number of aromatic nitrogens is 3. The molecule has 1 N–H and O–H groups in total. The molecule has 2 aliphatic carbocycles. The van der Waals surface area contributed by atoms with Crippen LogP contribution < -0.4 is 29.0 Å². The predicted octanol–water partition coefficient (Wildman–Crippen LogP) is 4.20. The summed E-state index contributed by atoms with van der Waals surface area (Å²) in [6, 6.07) is 38.8. The Morgan fingerprint density at radius 3 is 1.81 bits per heavy atom. The van der Waals surface area contributed by atoms with Gasteiger partial charge in [-0.2, -0.15) is 0 Å². The van der Waals surface area contributed by atoms with Crippen molar-refractivity contribution in [3.8, 4) is 50.3 Å². The summed E-state index contributed by atoms with van der Waals surface area (Å²) in [6.07, 6.45) is 7.13. The number of nitrogens with one attached hydrogen (secondary N) is 1. The third-order valence-corrected chi connectivity index (χ3v) is 9.09. The van der Waals surface area contributed by atoms with Gasteiger partial charge < -0.3 is 5.11 Å². The fourth-order valence-electron chi connectivity index (χ4n) is 7.38. The zero-order chi connectivity index (χ0) is 27.8. The van der Waals surface area contributed by atoms with Gasteiger partial charge in [0.2, 0.25) is 5.52 Å². The molecule has 43 heavy (non-hydrogen) atoms. The third kappa shape index (κ3) is 3.42. The second-order valence-electron chi connectivity index (χ2n) is 11.1. The molecule has 4 nitrogen and oxygen atoms in total. The topological polar surface area (TPSA) is 63.0 Å². The minimum atomic E-state index is -0.486. The number of rotatable bonds is 2. The van der Waals surface area contributed by atoms with E-state index in [0.717, 1.165) is 27.6 Å². The molecule has 7 aromatic rings. The SMILES string of the molecule is [Li+].[O-]c1ccc(-c2ccc3c(c2)C2(c4ccccc4-c4ccc(-c5cncnc5)cc42)c2ccccc2-3)c2ccc[nH+]c12. The minimum absolute atomic E-state index is 0. The van der Waals surface area contributed by atoms with Crippen LogP contribution in [0.2, 0.25) is 0 Å². The number of pyridine rings is 1. The van der Waals surface area contributed by atoms with Crippen LogP contribution in [0.4, 0.5) is 0 Å². The minimum Gasteiger partial charge on any atom is -0.868 e. The summed E-state index contributed by atoms with van der Waals surface area (Å²) in [6.45, 7) is 0. The number of aromatic amines is 1. The van der Waals surface area contributed by atoms with Crippen molar-refractivity contribution in [3.05, 3.63) is 156 Å². The average molecular weight is 545 g/mol. The van der Waals surface area contributed by atoms with Gasteiger partial charge in [0, 0.05) is 24.0 Å². The fraction of sp³-hybridized carbons (Fsp3) is 0.0263. The van der Waals surface area contributed by atoms with Crippen molar-refractivity contribution in [2.75, 3.05) is 0 Å². The number of nitrogens with zero attached hydrogens (tertiary/aromatic N) is 2. The maximum atomic E-state index is 12.7. The van der Waals surface area contributed by atoms with Crippen LogP contribution >= 0.6 is 0 Å². The van der Waals surface area contributed by atoms with E-state index in [0.29, 0.717) is 5.52 Å². The predicted molar refractivity (Wildman–Crippen MR) is 163 cm³/mol. The van der Waals surface area contributed by atoms with E-state index in [9.17, 15) is 5.11 Å². The van der Waals surface area contributed by atoms with Crippen LogP contribution in [0.5, 0.6) is 5.75 Å². The molecule has 0 saturated heterocycles. The van der Waals surface area contributed by atoms with Gasteiger partial charge in [-0.25, -0.2) is 15.0 Å². The van der Waals surface area contributed by atoms with Crippen LogP contribution in [0.25, 0.3) is 55.4 Å². The normalized spacial score (nSPS) is 15.4. The van der Waals surface area contributed by atoms with Gasteiger partial charge in [0.15, 0.2) is 6.20 Å². The summed E-state index contributed by atoms with van der Waals surface area (Å²) in [5.41, 5.74) is 14.4. The van der Waals surface area contributed by atoms with Crippen LogP contribution in [0.3, 0.4) is 0 Å². The van der Waals surface area contributed by atoms with Crippen LogP contribution in [-0.4, -0.2) is 9.97 Å². The maximum Gasteiger partial charge on any atom is 1.00 e. The molecule has 2 aliphatic rings. The van der Waals surface area contributed by atoms with Gasteiger partial charge >= 0.3 is 18.9 Å². The summed E-state index contributed by atoms with van der Waals surface area (Å²) in [5.74, 6) is -0.00421. The van der Waals surface area contributed by atoms with Gasteiger partial charge in [-0.1, -0.05) is 84.9 Å². The van der Waals surface area contributed by atoms with Gasteiger partial charge in [-0.05, 0) is 85.1 Å². The van der Waals surface area contributed by atoms with Crippen LogP contribution in [0.15, 0.2) is 134 Å². The number of H-pyrrole nitrogens is 1. The van der Waals surface area contributed by atoms with E-state index in [1.54, 1.807) is 12.4 Å². The van der Waals surface area contributed by atoms with Gasteiger partial charge in [0.25, 0.3) is 0 Å². The number of hydrogen-bond acceptors (Lipinski definition) is 3. The second kappa shape index (κ2) is 9.51. The van der Waals surface area contributed by atoms with Crippen molar-refractivity contribution >= 4 is 10.9 Å². The Balaban J connectivity index is 0.00000278. The Morgan fingerprint density at radius 2 is 1.12 bits per heavy atom. The summed E-state index contributed by atoms with van der Waals surface area (Å²) < 4.78 is 0. The first-order chi connectivity index (χ1) is 20.7. The first-order valence-corrected chi connectivity index (χ1v) is 14.1. The molecule has 196 valence electrons. The molecule has 0 aliphatic heterocycles. The van der Waals surface area contributed by atoms with E-state index in [1.807, 2.05) is 36.8 Å². The summed E-state index contributed by atoms with van der Waals surface area (Å²) in [5, 5.41) is 13.6. The fourth-order valence-corrected chi connectivity index (χ4v) is 7.38. The first kappa shape index (κ1) is 25.7. The molecule has 2 aromatic heterocycles. The van der Waals surface area contributed by atoms with E-state index in [2.05, 4.69) is 99.9 Å². The standard InChI is InChI=1S/C38H23N3O.Li/c42-36-16-15-26(31-8-5-17-41-37(31)36)24-12-14-30-28-7-2-4-10-33(28)38(35(30)19-24)32-9-3-1-6-27(32)29-13-11-23(18-34(29)38)25-20-39-22-40-21-25;/h1-22,42H;/q;+1. The van der Waals surface area contributed by atoms with E-state index in [4.69, 9.17) is 0 Å². The summed E-state index contributed by atoms with van der Waals surface area (Å²) in [7, 11) is 0. The molecule has 5 aromatic carbocycles. The Morgan fingerprint density at radius 1 is 0.535 bits per heavy atom. The van der Waals surface area contributed by atoms with Crippen molar-refractivity contribution in [3.63, 3.8) is 0 Å². The maximum absolute atomic E-state index is 12.7. The molecule has 0 bridgehead atoms. The molecule has 0 amide bonds. The second-order valence-corrected chi connectivity index (χ2v) is 11.1. The van der Waals surface area contributed by atoms with E-state index < -0.39 is 5.41 Å². The Bertz CT molecular complexity index is 2220. The van der Waals surface area contributed by atoms with Crippen molar-refractivity contribution in [2.45, 2.75) is 5.41 Å². The number of benzene rings is 5. The summed E-state index contributed by atoms with van der Waals surface area (Å²) in [4.78, 5) is 11.8. The Hall–Kier alpha value is -5.01.